The monoisotopic (exact) mass is 422 g/mol. The highest BCUT2D eigenvalue weighted by Gasteiger charge is 2.24. The molecule has 0 saturated carbocycles. The number of H-pyrrole nitrogens is 1. The van der Waals surface area contributed by atoms with Gasteiger partial charge in [-0.3, -0.25) is 9.59 Å². The van der Waals surface area contributed by atoms with Crippen LogP contribution in [-0.2, 0) is 14.3 Å². The lowest BCUT2D eigenvalue weighted by molar-refractivity contribution is -0.143. The molecule has 1 saturated heterocycles. The third kappa shape index (κ3) is 4.82. The molecule has 1 amide bonds. The van der Waals surface area contributed by atoms with Crippen LogP contribution in [0.5, 0.6) is 0 Å². The molecule has 1 aliphatic rings. The molecule has 31 heavy (non-hydrogen) atoms. The number of amides is 1. The van der Waals surface area contributed by atoms with E-state index in [4.69, 9.17) is 4.98 Å². The number of carbonyl (C=O) groups excluding carboxylic acids is 2. The first-order valence-corrected chi connectivity index (χ1v) is 10.4. The average molecular weight is 422 g/mol. The minimum Gasteiger partial charge on any atom is -0.469 e. The van der Waals surface area contributed by atoms with Crippen molar-refractivity contribution in [3.63, 3.8) is 0 Å². The topological polar surface area (TPSA) is 113 Å². The van der Waals surface area contributed by atoms with Crippen molar-refractivity contribution in [2.75, 3.05) is 25.5 Å². The number of pyridine rings is 1. The highest BCUT2D eigenvalue weighted by Crippen LogP contribution is 2.26. The minimum absolute atomic E-state index is 0.0260. The van der Waals surface area contributed by atoms with E-state index in [1.807, 2.05) is 25.4 Å². The smallest absolute Gasteiger partial charge is 0.306 e. The summed E-state index contributed by atoms with van der Waals surface area (Å²) >= 11 is 0. The minimum atomic E-state index is -0.365. The number of rotatable bonds is 6. The predicted octanol–water partition coefficient (Wildman–Crippen LogP) is 2.68. The summed E-state index contributed by atoms with van der Waals surface area (Å²) in [6, 6.07) is 3.99. The van der Waals surface area contributed by atoms with Gasteiger partial charge in [-0.1, -0.05) is 0 Å². The first-order chi connectivity index (χ1) is 15.0. The van der Waals surface area contributed by atoms with Crippen LogP contribution in [0, 0.1) is 6.92 Å². The quantitative estimate of drug-likeness (QED) is 0.587. The van der Waals surface area contributed by atoms with Crippen LogP contribution in [0.15, 0.2) is 30.7 Å². The molecule has 1 unspecified atom stereocenters. The Bertz CT molecular complexity index is 1100. The van der Waals surface area contributed by atoms with E-state index in [2.05, 4.69) is 31.1 Å². The molecule has 3 aromatic rings. The van der Waals surface area contributed by atoms with E-state index in [-0.39, 0.29) is 30.8 Å². The lowest BCUT2D eigenvalue weighted by Crippen LogP contribution is -2.45. The summed E-state index contributed by atoms with van der Waals surface area (Å²) in [6.45, 7) is 3.29. The first kappa shape index (κ1) is 20.8. The predicted molar refractivity (Wildman–Crippen MR) is 116 cm³/mol. The third-order valence-electron chi connectivity index (χ3n) is 5.46. The lowest BCUT2D eigenvalue weighted by Gasteiger charge is -2.33. The Kier molecular flexibility index (Phi) is 6.11. The number of hydrogen-bond donors (Lipinski definition) is 2. The molecule has 0 aliphatic carbocycles. The van der Waals surface area contributed by atoms with Crippen molar-refractivity contribution in [3.05, 3.63) is 36.3 Å². The summed E-state index contributed by atoms with van der Waals surface area (Å²) in [5, 5.41) is 4.42. The molecule has 4 heterocycles. The number of fused-ring (bicyclic) bond motifs is 1. The fourth-order valence-corrected chi connectivity index (χ4v) is 3.86. The molecule has 162 valence electrons. The van der Waals surface area contributed by atoms with Gasteiger partial charge in [-0.2, -0.15) is 0 Å². The van der Waals surface area contributed by atoms with Gasteiger partial charge < -0.3 is 19.9 Å². The number of aryl methyl sites for hydroxylation is 1. The number of anilines is 1. The van der Waals surface area contributed by atoms with Gasteiger partial charge in [0.2, 0.25) is 5.91 Å². The van der Waals surface area contributed by atoms with Crippen LogP contribution in [0.3, 0.4) is 0 Å². The van der Waals surface area contributed by atoms with Crippen molar-refractivity contribution < 1.29 is 14.3 Å². The number of nitrogens with one attached hydrogen (secondary N) is 2. The summed E-state index contributed by atoms with van der Waals surface area (Å²) in [5.41, 5.74) is 2.77. The van der Waals surface area contributed by atoms with Crippen LogP contribution >= 0.6 is 0 Å². The maximum atomic E-state index is 12.4. The van der Waals surface area contributed by atoms with Crippen LogP contribution < -0.4 is 5.32 Å². The standard InChI is InChI=1S/C22H26N6O3/c1-14-10-16-17(12-25-21(16)24-11-14)22-23-8-7-18(27-22)26-15-4-3-9-28(13-15)19(29)5-6-20(30)31-2/h7-8,10-12,15H,3-6,9,13H2,1-2H3,(H,24,25)(H,23,26,27). The summed E-state index contributed by atoms with van der Waals surface area (Å²) in [6.07, 6.45) is 7.54. The van der Waals surface area contributed by atoms with E-state index in [0.29, 0.717) is 24.7 Å². The van der Waals surface area contributed by atoms with Crippen molar-refractivity contribution in [2.24, 2.45) is 0 Å². The number of nitrogens with zero attached hydrogens (tertiary/aromatic N) is 4. The van der Waals surface area contributed by atoms with Gasteiger partial charge in [0.25, 0.3) is 0 Å². The van der Waals surface area contributed by atoms with Crippen LogP contribution in [0.25, 0.3) is 22.4 Å². The number of methoxy groups -OCH3 is 1. The van der Waals surface area contributed by atoms with Gasteiger partial charge in [0.15, 0.2) is 5.82 Å². The second kappa shape index (κ2) is 9.11. The Labute approximate surface area is 180 Å². The van der Waals surface area contributed by atoms with Gasteiger partial charge in [0, 0.05) is 55.1 Å². The van der Waals surface area contributed by atoms with Gasteiger partial charge in [0.1, 0.15) is 11.5 Å². The van der Waals surface area contributed by atoms with Crippen molar-refractivity contribution in [3.8, 4) is 11.4 Å². The van der Waals surface area contributed by atoms with Crippen molar-refractivity contribution >= 4 is 28.7 Å². The Morgan fingerprint density at radius 1 is 1.32 bits per heavy atom. The molecule has 0 bridgehead atoms. The van der Waals surface area contributed by atoms with Crippen LogP contribution in [0.4, 0.5) is 5.82 Å². The zero-order chi connectivity index (χ0) is 21.8. The van der Waals surface area contributed by atoms with Crippen LogP contribution in [-0.4, -0.2) is 63.0 Å². The lowest BCUT2D eigenvalue weighted by atomic mass is 10.0. The van der Waals surface area contributed by atoms with E-state index in [9.17, 15) is 9.59 Å². The molecule has 1 atom stereocenters. The maximum Gasteiger partial charge on any atom is 0.306 e. The molecular weight excluding hydrogens is 396 g/mol. The Hall–Kier alpha value is -3.49. The van der Waals surface area contributed by atoms with Crippen LogP contribution in [0.2, 0.25) is 0 Å². The number of aromatic amines is 1. The van der Waals surface area contributed by atoms with E-state index in [0.717, 1.165) is 35.0 Å². The summed E-state index contributed by atoms with van der Waals surface area (Å²) in [5.74, 6) is 0.942. The third-order valence-corrected chi connectivity index (χ3v) is 5.46. The van der Waals surface area contributed by atoms with Gasteiger partial charge >= 0.3 is 5.97 Å². The second-order valence-electron chi connectivity index (χ2n) is 7.78. The summed E-state index contributed by atoms with van der Waals surface area (Å²) < 4.78 is 4.62. The zero-order valence-electron chi connectivity index (χ0n) is 17.7. The van der Waals surface area contributed by atoms with Gasteiger partial charge in [0.05, 0.1) is 13.5 Å². The number of aromatic nitrogens is 4. The fraction of sp³-hybridized carbons (Fsp3) is 0.409. The summed E-state index contributed by atoms with van der Waals surface area (Å²) in [7, 11) is 1.33. The van der Waals surface area contributed by atoms with Gasteiger partial charge in [-0.25, -0.2) is 15.0 Å². The SMILES string of the molecule is COC(=O)CCC(=O)N1CCCC(Nc2ccnc(-c3c[nH]c4ncc(C)cc34)n2)C1. The van der Waals surface area contributed by atoms with Crippen molar-refractivity contribution in [1.29, 1.82) is 0 Å². The number of ether oxygens (including phenoxy) is 1. The number of hydrogen-bond acceptors (Lipinski definition) is 7. The van der Waals surface area contributed by atoms with E-state index in [1.165, 1.54) is 7.11 Å². The molecule has 1 fully saturated rings. The number of esters is 1. The molecule has 3 aromatic heterocycles. The highest BCUT2D eigenvalue weighted by atomic mass is 16.5. The molecule has 0 radical (unpaired) electrons. The maximum absolute atomic E-state index is 12.4. The highest BCUT2D eigenvalue weighted by molar-refractivity contribution is 5.92. The van der Waals surface area contributed by atoms with Gasteiger partial charge in [-0.15, -0.1) is 0 Å². The zero-order valence-corrected chi connectivity index (χ0v) is 17.7. The molecule has 0 spiro atoms. The molecule has 2 N–H and O–H groups in total. The van der Waals surface area contributed by atoms with E-state index >= 15 is 0 Å². The molecule has 1 aliphatic heterocycles. The van der Waals surface area contributed by atoms with E-state index < -0.39 is 0 Å². The number of piperidine rings is 1. The molecule has 0 aromatic carbocycles. The average Bonchev–Trinajstić information content (AvgIpc) is 3.20. The molecule has 9 heteroatoms. The Morgan fingerprint density at radius 3 is 3.03 bits per heavy atom. The normalized spacial score (nSPS) is 16.3. The van der Waals surface area contributed by atoms with E-state index in [1.54, 1.807) is 11.1 Å². The fourth-order valence-electron chi connectivity index (χ4n) is 3.86. The number of likely N-dealkylation sites (tertiary alicyclic amines) is 1. The van der Waals surface area contributed by atoms with Crippen molar-refractivity contribution in [1.82, 2.24) is 24.8 Å². The molecule has 9 nitrogen and oxygen atoms in total. The molecule has 4 rings (SSSR count). The first-order valence-electron chi connectivity index (χ1n) is 10.4. The van der Waals surface area contributed by atoms with Gasteiger partial charge in [-0.05, 0) is 37.5 Å². The number of carbonyl (C=O) groups is 2. The second-order valence-corrected chi connectivity index (χ2v) is 7.78. The van der Waals surface area contributed by atoms with Crippen LogP contribution in [0.1, 0.15) is 31.2 Å². The Balaban J connectivity index is 1.44. The largest absolute Gasteiger partial charge is 0.469 e. The molecular formula is C22H26N6O3. The Morgan fingerprint density at radius 2 is 2.19 bits per heavy atom. The van der Waals surface area contributed by atoms with Crippen molar-refractivity contribution in [2.45, 2.75) is 38.6 Å². The summed E-state index contributed by atoms with van der Waals surface area (Å²) in [4.78, 5) is 42.3.